The van der Waals surface area contributed by atoms with Crippen molar-refractivity contribution in [2.24, 2.45) is 11.7 Å². The molecule has 0 heterocycles. The highest BCUT2D eigenvalue weighted by Crippen LogP contribution is 2.07. The lowest BCUT2D eigenvalue weighted by Gasteiger charge is -2.25. The number of carbonyl (C=O) groups excluding carboxylic acids is 2. The standard InChI is InChI=1S/C14H27N3O6/c1-6(2)5-9(16-13(21)10(15)7(3)18)12(20)17-11(8(4)19)14(22)23/h6-11,18-19H,5,15H2,1-4H3,(H,16,21)(H,17,20)(H,22,23). The lowest BCUT2D eigenvalue weighted by molar-refractivity contribution is -0.145. The quantitative estimate of drug-likeness (QED) is 0.289. The van der Waals surface area contributed by atoms with Gasteiger partial charge in [-0.1, -0.05) is 13.8 Å². The lowest BCUT2D eigenvalue weighted by Crippen LogP contribution is -2.58. The van der Waals surface area contributed by atoms with Crippen LogP contribution < -0.4 is 16.4 Å². The first-order valence-corrected chi connectivity index (χ1v) is 7.42. The van der Waals surface area contributed by atoms with Gasteiger partial charge in [0.15, 0.2) is 6.04 Å². The van der Waals surface area contributed by atoms with Crippen molar-refractivity contribution in [1.29, 1.82) is 0 Å². The smallest absolute Gasteiger partial charge is 0.328 e. The summed E-state index contributed by atoms with van der Waals surface area (Å²) in [6.45, 7) is 6.23. The Balaban J connectivity index is 5.05. The second-order valence-electron chi connectivity index (χ2n) is 6.02. The molecule has 0 rings (SSSR count). The first-order chi connectivity index (χ1) is 10.5. The molecule has 0 aromatic carbocycles. The number of carboxylic acids is 1. The Kier molecular flexibility index (Phi) is 8.73. The highest BCUT2D eigenvalue weighted by atomic mass is 16.4. The van der Waals surface area contributed by atoms with Crippen LogP contribution in [0.4, 0.5) is 0 Å². The van der Waals surface area contributed by atoms with Crippen LogP contribution >= 0.6 is 0 Å². The Morgan fingerprint density at radius 3 is 1.83 bits per heavy atom. The summed E-state index contributed by atoms with van der Waals surface area (Å²) in [5.74, 6) is -2.81. The van der Waals surface area contributed by atoms with Gasteiger partial charge in [0.05, 0.1) is 12.2 Å². The van der Waals surface area contributed by atoms with E-state index >= 15 is 0 Å². The van der Waals surface area contributed by atoms with Gasteiger partial charge >= 0.3 is 5.97 Å². The summed E-state index contributed by atoms with van der Waals surface area (Å²) in [7, 11) is 0. The third-order valence-electron chi connectivity index (χ3n) is 3.21. The van der Waals surface area contributed by atoms with E-state index < -0.39 is 48.1 Å². The van der Waals surface area contributed by atoms with Gasteiger partial charge in [-0.05, 0) is 26.2 Å². The van der Waals surface area contributed by atoms with Crippen LogP contribution in [0.15, 0.2) is 0 Å². The Morgan fingerprint density at radius 2 is 1.48 bits per heavy atom. The molecule has 23 heavy (non-hydrogen) atoms. The van der Waals surface area contributed by atoms with Crippen LogP contribution in [0, 0.1) is 5.92 Å². The molecule has 0 aliphatic heterocycles. The zero-order valence-corrected chi connectivity index (χ0v) is 13.8. The van der Waals surface area contributed by atoms with Gasteiger partial charge in [0.25, 0.3) is 0 Å². The van der Waals surface area contributed by atoms with E-state index in [9.17, 15) is 24.6 Å². The molecule has 0 spiro atoms. The van der Waals surface area contributed by atoms with E-state index in [1.807, 2.05) is 13.8 Å². The summed E-state index contributed by atoms with van der Waals surface area (Å²) in [5.41, 5.74) is 5.51. The minimum absolute atomic E-state index is 0.0312. The molecule has 2 amide bonds. The maximum absolute atomic E-state index is 12.2. The highest BCUT2D eigenvalue weighted by molar-refractivity contribution is 5.92. The lowest BCUT2D eigenvalue weighted by atomic mass is 10.0. The summed E-state index contributed by atoms with van der Waals surface area (Å²) < 4.78 is 0. The molecule has 0 aliphatic rings. The maximum atomic E-state index is 12.2. The Bertz CT molecular complexity index is 425. The number of hydrogen-bond acceptors (Lipinski definition) is 6. The molecule has 7 N–H and O–H groups in total. The van der Waals surface area contributed by atoms with Gasteiger partial charge in [0.2, 0.25) is 11.8 Å². The zero-order valence-electron chi connectivity index (χ0n) is 13.8. The zero-order chi connectivity index (χ0) is 18.3. The molecule has 0 saturated carbocycles. The second kappa shape index (κ2) is 9.43. The minimum atomic E-state index is -1.49. The molecule has 9 nitrogen and oxygen atoms in total. The van der Waals surface area contributed by atoms with Crippen molar-refractivity contribution in [3.05, 3.63) is 0 Å². The number of carboxylic acid groups (broad SMARTS) is 1. The van der Waals surface area contributed by atoms with Crippen molar-refractivity contribution >= 4 is 17.8 Å². The first kappa shape index (κ1) is 21.3. The van der Waals surface area contributed by atoms with E-state index in [2.05, 4.69) is 10.6 Å². The van der Waals surface area contributed by atoms with E-state index in [-0.39, 0.29) is 12.3 Å². The maximum Gasteiger partial charge on any atom is 0.328 e. The summed E-state index contributed by atoms with van der Waals surface area (Å²) >= 11 is 0. The van der Waals surface area contributed by atoms with Crippen LogP contribution in [0.1, 0.15) is 34.1 Å². The Morgan fingerprint density at radius 1 is 0.957 bits per heavy atom. The van der Waals surface area contributed by atoms with Crippen molar-refractivity contribution < 1.29 is 29.7 Å². The summed E-state index contributed by atoms with van der Waals surface area (Å²) in [5, 5.41) is 32.3. The van der Waals surface area contributed by atoms with Crippen LogP contribution in [-0.2, 0) is 14.4 Å². The van der Waals surface area contributed by atoms with Crippen molar-refractivity contribution in [2.45, 2.75) is 64.4 Å². The fraction of sp³-hybridized carbons (Fsp3) is 0.786. The predicted octanol–water partition coefficient (Wildman–Crippen LogP) is -1.82. The number of hydrogen-bond donors (Lipinski definition) is 6. The van der Waals surface area contributed by atoms with E-state index in [1.165, 1.54) is 13.8 Å². The molecule has 0 aromatic heterocycles. The Labute approximate surface area is 135 Å². The number of carbonyl (C=O) groups is 3. The third-order valence-corrected chi connectivity index (χ3v) is 3.21. The molecule has 0 fully saturated rings. The van der Waals surface area contributed by atoms with E-state index in [1.54, 1.807) is 0 Å². The fourth-order valence-electron chi connectivity index (χ4n) is 1.83. The molecule has 0 saturated heterocycles. The summed E-state index contributed by atoms with van der Waals surface area (Å²) in [6, 6.07) is -3.71. The van der Waals surface area contributed by atoms with Crippen LogP contribution in [-0.4, -0.2) is 63.4 Å². The topological polar surface area (TPSA) is 162 Å². The first-order valence-electron chi connectivity index (χ1n) is 7.42. The van der Waals surface area contributed by atoms with Crippen molar-refractivity contribution in [1.82, 2.24) is 10.6 Å². The third kappa shape index (κ3) is 7.40. The summed E-state index contributed by atoms with van der Waals surface area (Å²) in [6.07, 6.45) is -2.15. The van der Waals surface area contributed by atoms with Gasteiger partial charge in [-0.15, -0.1) is 0 Å². The van der Waals surface area contributed by atoms with Gasteiger partial charge < -0.3 is 31.7 Å². The molecule has 0 bridgehead atoms. The monoisotopic (exact) mass is 333 g/mol. The van der Waals surface area contributed by atoms with Gasteiger partial charge in [-0.3, -0.25) is 9.59 Å². The van der Waals surface area contributed by atoms with E-state index in [0.717, 1.165) is 0 Å². The molecular weight excluding hydrogens is 306 g/mol. The normalized spacial score (nSPS) is 17.7. The molecule has 5 atom stereocenters. The van der Waals surface area contributed by atoms with Crippen molar-refractivity contribution in [2.75, 3.05) is 0 Å². The number of aliphatic hydroxyl groups is 2. The van der Waals surface area contributed by atoms with Crippen molar-refractivity contribution in [3.8, 4) is 0 Å². The molecule has 134 valence electrons. The molecule has 5 unspecified atom stereocenters. The van der Waals surface area contributed by atoms with Crippen LogP contribution in [0.2, 0.25) is 0 Å². The number of nitrogens with one attached hydrogen (secondary N) is 2. The molecule has 0 radical (unpaired) electrons. The molecule has 0 aromatic rings. The number of rotatable bonds is 9. The van der Waals surface area contributed by atoms with Crippen LogP contribution in [0.25, 0.3) is 0 Å². The van der Waals surface area contributed by atoms with Gasteiger partial charge in [0, 0.05) is 0 Å². The van der Waals surface area contributed by atoms with Gasteiger partial charge in [-0.25, -0.2) is 4.79 Å². The van der Waals surface area contributed by atoms with Crippen molar-refractivity contribution in [3.63, 3.8) is 0 Å². The predicted molar refractivity (Wildman–Crippen MR) is 82.3 cm³/mol. The van der Waals surface area contributed by atoms with Gasteiger partial charge in [0.1, 0.15) is 12.1 Å². The molecule has 9 heteroatoms. The molecular formula is C14H27N3O6. The van der Waals surface area contributed by atoms with Gasteiger partial charge in [-0.2, -0.15) is 0 Å². The number of nitrogens with two attached hydrogens (primary N) is 1. The SMILES string of the molecule is CC(C)CC(NC(=O)C(N)C(C)O)C(=O)NC(C(=O)O)C(C)O. The fourth-order valence-corrected chi connectivity index (χ4v) is 1.83. The Hall–Kier alpha value is -1.71. The average molecular weight is 333 g/mol. The van der Waals surface area contributed by atoms with E-state index in [4.69, 9.17) is 10.8 Å². The van der Waals surface area contributed by atoms with E-state index in [0.29, 0.717) is 0 Å². The second-order valence-corrected chi connectivity index (χ2v) is 6.02. The highest BCUT2D eigenvalue weighted by Gasteiger charge is 2.31. The summed E-state index contributed by atoms with van der Waals surface area (Å²) in [4.78, 5) is 35.1. The number of amides is 2. The molecule has 0 aliphatic carbocycles. The number of aliphatic carboxylic acids is 1. The average Bonchev–Trinajstić information content (AvgIpc) is 2.41. The number of aliphatic hydroxyl groups excluding tert-OH is 2. The largest absolute Gasteiger partial charge is 0.480 e. The minimum Gasteiger partial charge on any atom is -0.480 e. The van der Waals surface area contributed by atoms with Crippen LogP contribution in [0.5, 0.6) is 0 Å². The van der Waals surface area contributed by atoms with Crippen LogP contribution in [0.3, 0.4) is 0 Å².